The fourth-order valence-electron chi connectivity index (χ4n) is 1.76. The van der Waals surface area contributed by atoms with Crippen molar-refractivity contribution >= 4 is 11.9 Å². The number of carbonyl (C=O) groups is 2. The number of hydrogen-bond donors (Lipinski definition) is 1. The Bertz CT molecular complexity index is 275. The van der Waals surface area contributed by atoms with Gasteiger partial charge < -0.3 is 14.6 Å². The smallest absolute Gasteiger partial charge is 0.311 e. The SMILES string of the molecule is CCOC(=O)C[C@H](O)[C@@H](CCC(C)C)C(=O)OCC. The fraction of sp³-hybridized carbons (Fsp3) is 0.857. The molecule has 5 heteroatoms. The van der Waals surface area contributed by atoms with Crippen LogP contribution in [0.4, 0.5) is 0 Å². The summed E-state index contributed by atoms with van der Waals surface area (Å²) in [6.07, 6.45) is 0.0902. The molecule has 0 unspecified atom stereocenters. The molecule has 0 amide bonds. The molecule has 0 aromatic carbocycles. The van der Waals surface area contributed by atoms with E-state index in [-0.39, 0.29) is 19.6 Å². The molecule has 0 aliphatic rings. The van der Waals surface area contributed by atoms with Gasteiger partial charge in [0.05, 0.1) is 31.7 Å². The first-order chi connectivity index (χ1) is 8.92. The average Bonchev–Trinajstić information content (AvgIpc) is 2.29. The van der Waals surface area contributed by atoms with Crippen LogP contribution in [-0.2, 0) is 19.1 Å². The maximum atomic E-state index is 11.8. The molecule has 0 aliphatic heterocycles. The summed E-state index contributed by atoms with van der Waals surface area (Å²) in [6.45, 7) is 8.03. The van der Waals surface area contributed by atoms with E-state index in [1.54, 1.807) is 13.8 Å². The van der Waals surface area contributed by atoms with E-state index < -0.39 is 24.0 Å². The van der Waals surface area contributed by atoms with Gasteiger partial charge in [-0.25, -0.2) is 0 Å². The Morgan fingerprint density at radius 2 is 1.63 bits per heavy atom. The van der Waals surface area contributed by atoms with Crippen molar-refractivity contribution in [1.82, 2.24) is 0 Å². The van der Waals surface area contributed by atoms with Gasteiger partial charge in [-0.1, -0.05) is 20.3 Å². The summed E-state index contributed by atoms with van der Waals surface area (Å²) in [5.41, 5.74) is 0. The molecule has 0 aromatic rings. The molecule has 0 bridgehead atoms. The molecule has 0 saturated carbocycles. The van der Waals surface area contributed by atoms with Crippen molar-refractivity contribution < 1.29 is 24.2 Å². The van der Waals surface area contributed by atoms with Gasteiger partial charge in [0.15, 0.2) is 0 Å². The van der Waals surface area contributed by atoms with Gasteiger partial charge in [0.2, 0.25) is 0 Å². The molecular weight excluding hydrogens is 248 g/mol. The number of aliphatic hydroxyl groups excluding tert-OH is 1. The van der Waals surface area contributed by atoms with Gasteiger partial charge in [-0.3, -0.25) is 9.59 Å². The predicted molar refractivity (Wildman–Crippen MR) is 71.5 cm³/mol. The van der Waals surface area contributed by atoms with Crippen molar-refractivity contribution in [3.8, 4) is 0 Å². The summed E-state index contributed by atoms with van der Waals surface area (Å²) in [6, 6.07) is 0. The Hall–Kier alpha value is -1.10. The van der Waals surface area contributed by atoms with Crippen LogP contribution in [0.1, 0.15) is 47.0 Å². The summed E-state index contributed by atoms with van der Waals surface area (Å²) in [4.78, 5) is 23.1. The molecule has 0 fully saturated rings. The van der Waals surface area contributed by atoms with Crippen LogP contribution < -0.4 is 0 Å². The zero-order chi connectivity index (χ0) is 14.8. The molecule has 0 spiro atoms. The third-order valence-electron chi connectivity index (χ3n) is 2.79. The molecular formula is C14H26O5. The van der Waals surface area contributed by atoms with E-state index in [2.05, 4.69) is 0 Å². The van der Waals surface area contributed by atoms with E-state index in [1.165, 1.54) is 0 Å². The minimum Gasteiger partial charge on any atom is -0.466 e. The lowest BCUT2D eigenvalue weighted by Gasteiger charge is -2.21. The van der Waals surface area contributed by atoms with E-state index in [1.807, 2.05) is 13.8 Å². The van der Waals surface area contributed by atoms with Gasteiger partial charge in [0.1, 0.15) is 0 Å². The van der Waals surface area contributed by atoms with Crippen molar-refractivity contribution in [2.24, 2.45) is 11.8 Å². The first-order valence-electron chi connectivity index (χ1n) is 6.92. The zero-order valence-corrected chi connectivity index (χ0v) is 12.3. The van der Waals surface area contributed by atoms with Crippen LogP contribution in [0.15, 0.2) is 0 Å². The second-order valence-electron chi connectivity index (χ2n) is 4.91. The Balaban J connectivity index is 4.52. The Kier molecular flexibility index (Phi) is 9.21. The Morgan fingerprint density at radius 1 is 1.05 bits per heavy atom. The van der Waals surface area contributed by atoms with Crippen molar-refractivity contribution in [3.63, 3.8) is 0 Å². The maximum absolute atomic E-state index is 11.8. The van der Waals surface area contributed by atoms with Crippen LogP contribution in [0.2, 0.25) is 0 Å². The molecule has 112 valence electrons. The first-order valence-corrected chi connectivity index (χ1v) is 6.92. The summed E-state index contributed by atoms with van der Waals surface area (Å²) in [5, 5.41) is 10.0. The van der Waals surface area contributed by atoms with E-state index in [4.69, 9.17) is 9.47 Å². The van der Waals surface area contributed by atoms with E-state index in [0.29, 0.717) is 12.3 Å². The van der Waals surface area contributed by atoms with Crippen molar-refractivity contribution in [2.45, 2.75) is 53.1 Å². The third-order valence-corrected chi connectivity index (χ3v) is 2.79. The third kappa shape index (κ3) is 7.82. The lowest BCUT2D eigenvalue weighted by molar-refractivity contribution is -0.155. The Morgan fingerprint density at radius 3 is 2.11 bits per heavy atom. The van der Waals surface area contributed by atoms with Gasteiger partial charge in [-0.2, -0.15) is 0 Å². The minimum absolute atomic E-state index is 0.171. The second kappa shape index (κ2) is 9.78. The van der Waals surface area contributed by atoms with Gasteiger partial charge >= 0.3 is 11.9 Å². The van der Waals surface area contributed by atoms with Crippen LogP contribution in [0, 0.1) is 11.8 Å². The number of rotatable bonds is 9. The fourth-order valence-corrected chi connectivity index (χ4v) is 1.76. The highest BCUT2D eigenvalue weighted by molar-refractivity contribution is 5.75. The predicted octanol–water partition coefficient (Wildman–Crippen LogP) is 1.92. The number of hydrogen-bond acceptors (Lipinski definition) is 5. The lowest BCUT2D eigenvalue weighted by Crippen LogP contribution is -2.32. The standard InChI is InChI=1S/C14H26O5/c1-5-18-13(16)9-12(15)11(8-7-10(3)4)14(17)19-6-2/h10-12,15H,5-9H2,1-4H3/t11-,12+/m1/s1. The van der Waals surface area contributed by atoms with Crippen LogP contribution in [0.25, 0.3) is 0 Å². The van der Waals surface area contributed by atoms with Crippen molar-refractivity contribution in [1.29, 1.82) is 0 Å². The summed E-state index contributed by atoms with van der Waals surface area (Å²) in [7, 11) is 0. The maximum Gasteiger partial charge on any atom is 0.311 e. The van der Waals surface area contributed by atoms with Crippen LogP contribution >= 0.6 is 0 Å². The molecule has 1 N–H and O–H groups in total. The molecule has 0 heterocycles. The average molecular weight is 274 g/mol. The number of aliphatic hydroxyl groups is 1. The van der Waals surface area contributed by atoms with Gasteiger partial charge in [0, 0.05) is 0 Å². The topological polar surface area (TPSA) is 72.8 Å². The highest BCUT2D eigenvalue weighted by Gasteiger charge is 2.30. The zero-order valence-electron chi connectivity index (χ0n) is 12.3. The number of ether oxygens (including phenoxy) is 2. The molecule has 0 aromatic heterocycles. The monoisotopic (exact) mass is 274 g/mol. The number of carbonyl (C=O) groups excluding carboxylic acids is 2. The lowest BCUT2D eigenvalue weighted by atomic mass is 9.91. The van der Waals surface area contributed by atoms with Gasteiger partial charge in [0.25, 0.3) is 0 Å². The van der Waals surface area contributed by atoms with E-state index in [9.17, 15) is 14.7 Å². The summed E-state index contributed by atoms with van der Waals surface area (Å²) in [5.74, 6) is -1.17. The van der Waals surface area contributed by atoms with Crippen LogP contribution in [0.5, 0.6) is 0 Å². The Labute approximate surface area is 115 Å². The van der Waals surface area contributed by atoms with Crippen LogP contribution in [-0.4, -0.2) is 36.4 Å². The highest BCUT2D eigenvalue weighted by atomic mass is 16.5. The van der Waals surface area contributed by atoms with Gasteiger partial charge in [-0.15, -0.1) is 0 Å². The highest BCUT2D eigenvalue weighted by Crippen LogP contribution is 2.20. The second-order valence-corrected chi connectivity index (χ2v) is 4.91. The number of esters is 2. The summed E-state index contributed by atoms with van der Waals surface area (Å²) < 4.78 is 9.72. The van der Waals surface area contributed by atoms with E-state index in [0.717, 1.165) is 6.42 Å². The molecule has 0 aliphatic carbocycles. The molecule has 2 atom stereocenters. The molecule has 0 rings (SSSR count). The molecule has 5 nitrogen and oxygen atoms in total. The normalized spacial score (nSPS) is 14.0. The minimum atomic E-state index is -1.04. The summed E-state index contributed by atoms with van der Waals surface area (Å²) >= 11 is 0. The molecule has 19 heavy (non-hydrogen) atoms. The quantitative estimate of drug-likeness (QED) is 0.650. The van der Waals surface area contributed by atoms with E-state index >= 15 is 0 Å². The first kappa shape index (κ1) is 17.9. The molecule has 0 saturated heterocycles. The van der Waals surface area contributed by atoms with Crippen molar-refractivity contribution in [2.75, 3.05) is 13.2 Å². The largest absolute Gasteiger partial charge is 0.466 e. The van der Waals surface area contributed by atoms with Crippen LogP contribution in [0.3, 0.4) is 0 Å². The molecule has 0 radical (unpaired) electrons. The van der Waals surface area contributed by atoms with Crippen molar-refractivity contribution in [3.05, 3.63) is 0 Å². The van der Waals surface area contributed by atoms with Gasteiger partial charge in [-0.05, 0) is 26.2 Å².